The standard InChI is InChI=1S/C28H33N5O3/c1-4-16-34-21-23-19-24(7-8-26(23)35-18-6-15-33-13-2-3-14-33)31-28-30-12-10-25(32-28)22-9-11-29-27(20-22)36-17-5-1/h1,4,7-12,19-20H,2-3,5-6,13-18,21H2,(H,30,31,32)/b4-1-. The van der Waals surface area contributed by atoms with Gasteiger partial charge in [-0.05, 0) is 69.1 Å². The van der Waals surface area contributed by atoms with E-state index in [1.54, 1.807) is 12.4 Å². The van der Waals surface area contributed by atoms with E-state index in [0.29, 0.717) is 38.3 Å². The molecule has 6 bridgehead atoms. The monoisotopic (exact) mass is 487 g/mol. The molecule has 2 aliphatic rings. The average molecular weight is 488 g/mol. The molecule has 36 heavy (non-hydrogen) atoms. The highest BCUT2D eigenvalue weighted by Gasteiger charge is 2.12. The Bertz CT molecular complexity index is 1160. The molecule has 0 aliphatic carbocycles. The maximum Gasteiger partial charge on any atom is 0.227 e. The molecule has 5 rings (SSSR count). The highest BCUT2D eigenvalue weighted by Crippen LogP contribution is 2.27. The Kier molecular flexibility index (Phi) is 8.38. The number of anilines is 2. The molecule has 0 spiro atoms. The molecule has 1 aromatic carbocycles. The normalized spacial score (nSPS) is 17.3. The number of pyridine rings is 1. The average Bonchev–Trinajstić information content (AvgIpc) is 3.43. The maximum atomic E-state index is 6.18. The predicted molar refractivity (Wildman–Crippen MR) is 140 cm³/mol. The first-order chi connectivity index (χ1) is 17.8. The molecule has 3 aromatic rings. The van der Waals surface area contributed by atoms with Gasteiger partial charge >= 0.3 is 0 Å². The lowest BCUT2D eigenvalue weighted by molar-refractivity contribution is 0.144. The Balaban J connectivity index is 1.33. The molecule has 0 atom stereocenters. The van der Waals surface area contributed by atoms with Crippen molar-refractivity contribution in [1.29, 1.82) is 0 Å². The fourth-order valence-corrected chi connectivity index (χ4v) is 4.40. The Morgan fingerprint density at radius 1 is 1.00 bits per heavy atom. The van der Waals surface area contributed by atoms with Crippen LogP contribution in [0.2, 0.25) is 0 Å². The van der Waals surface area contributed by atoms with E-state index in [1.165, 1.54) is 25.9 Å². The molecular formula is C28H33N5O3. The molecular weight excluding hydrogens is 454 g/mol. The Morgan fingerprint density at radius 2 is 1.92 bits per heavy atom. The van der Waals surface area contributed by atoms with Crippen LogP contribution in [-0.4, -0.2) is 59.3 Å². The van der Waals surface area contributed by atoms with Crippen molar-refractivity contribution in [2.24, 2.45) is 0 Å². The van der Waals surface area contributed by atoms with Crippen LogP contribution >= 0.6 is 0 Å². The third-order valence-corrected chi connectivity index (χ3v) is 6.25. The highest BCUT2D eigenvalue weighted by atomic mass is 16.5. The number of benzene rings is 1. The van der Waals surface area contributed by atoms with E-state index in [0.717, 1.165) is 47.6 Å². The van der Waals surface area contributed by atoms with Gasteiger partial charge in [-0.1, -0.05) is 12.2 Å². The fourth-order valence-electron chi connectivity index (χ4n) is 4.40. The summed E-state index contributed by atoms with van der Waals surface area (Å²) in [4.78, 5) is 15.9. The summed E-state index contributed by atoms with van der Waals surface area (Å²) in [6, 6.07) is 11.7. The van der Waals surface area contributed by atoms with Crippen LogP contribution in [0, 0.1) is 0 Å². The molecule has 1 N–H and O–H groups in total. The number of rotatable bonds is 5. The first-order valence-electron chi connectivity index (χ1n) is 12.7. The second-order valence-electron chi connectivity index (χ2n) is 8.97. The van der Waals surface area contributed by atoms with Crippen LogP contribution in [-0.2, 0) is 11.3 Å². The third kappa shape index (κ3) is 6.80. The van der Waals surface area contributed by atoms with Gasteiger partial charge in [0.05, 0.1) is 32.1 Å². The lowest BCUT2D eigenvalue weighted by Gasteiger charge is -2.16. The number of hydrogen-bond donors (Lipinski definition) is 1. The van der Waals surface area contributed by atoms with Gasteiger partial charge in [0, 0.05) is 41.8 Å². The van der Waals surface area contributed by atoms with Crippen LogP contribution in [0.25, 0.3) is 11.3 Å². The largest absolute Gasteiger partial charge is 0.493 e. The third-order valence-electron chi connectivity index (χ3n) is 6.25. The minimum Gasteiger partial charge on any atom is -0.493 e. The smallest absolute Gasteiger partial charge is 0.227 e. The van der Waals surface area contributed by atoms with E-state index in [9.17, 15) is 0 Å². The van der Waals surface area contributed by atoms with Crippen LogP contribution in [0.4, 0.5) is 11.6 Å². The summed E-state index contributed by atoms with van der Waals surface area (Å²) in [5.41, 5.74) is 3.59. The van der Waals surface area contributed by atoms with Crippen LogP contribution in [0.15, 0.2) is 60.9 Å². The molecule has 8 nitrogen and oxygen atoms in total. The molecule has 1 saturated heterocycles. The van der Waals surface area contributed by atoms with Gasteiger partial charge in [0.2, 0.25) is 11.8 Å². The van der Waals surface area contributed by atoms with Gasteiger partial charge in [0.25, 0.3) is 0 Å². The van der Waals surface area contributed by atoms with Crippen LogP contribution in [0.3, 0.4) is 0 Å². The predicted octanol–water partition coefficient (Wildman–Crippen LogP) is 5.00. The molecule has 0 saturated carbocycles. The second kappa shape index (κ2) is 12.5. The van der Waals surface area contributed by atoms with E-state index in [-0.39, 0.29) is 0 Å². The van der Waals surface area contributed by atoms with Gasteiger partial charge in [-0.3, -0.25) is 0 Å². The fraction of sp³-hybridized carbons (Fsp3) is 0.393. The van der Waals surface area contributed by atoms with E-state index in [1.807, 2.05) is 36.4 Å². The minimum atomic E-state index is 0.452. The van der Waals surface area contributed by atoms with Gasteiger partial charge in [0.15, 0.2) is 0 Å². The summed E-state index contributed by atoms with van der Waals surface area (Å²) < 4.78 is 17.9. The summed E-state index contributed by atoms with van der Waals surface area (Å²) in [5.74, 6) is 1.95. The van der Waals surface area contributed by atoms with Crippen molar-refractivity contribution >= 4 is 11.6 Å². The van der Waals surface area contributed by atoms with E-state index in [2.05, 4.69) is 32.3 Å². The molecule has 2 aromatic heterocycles. The number of aromatic nitrogens is 3. The number of likely N-dealkylation sites (tertiary alicyclic amines) is 1. The van der Waals surface area contributed by atoms with Gasteiger partial charge < -0.3 is 24.4 Å². The molecule has 0 amide bonds. The quantitative estimate of drug-likeness (QED) is 0.398. The lowest BCUT2D eigenvalue weighted by atomic mass is 10.2. The highest BCUT2D eigenvalue weighted by molar-refractivity contribution is 5.63. The molecule has 1 fully saturated rings. The number of ether oxygens (including phenoxy) is 3. The van der Waals surface area contributed by atoms with Crippen molar-refractivity contribution in [1.82, 2.24) is 19.9 Å². The summed E-state index contributed by atoms with van der Waals surface area (Å²) in [6.45, 7) is 5.72. The van der Waals surface area contributed by atoms with Gasteiger partial charge in [-0.25, -0.2) is 15.0 Å². The number of fused-ring (bicyclic) bond motifs is 7. The summed E-state index contributed by atoms with van der Waals surface area (Å²) in [7, 11) is 0. The van der Waals surface area contributed by atoms with Crippen molar-refractivity contribution in [2.45, 2.75) is 32.3 Å². The zero-order valence-corrected chi connectivity index (χ0v) is 20.6. The number of hydrogen-bond acceptors (Lipinski definition) is 8. The van der Waals surface area contributed by atoms with E-state index in [4.69, 9.17) is 19.2 Å². The zero-order chi connectivity index (χ0) is 24.4. The molecule has 0 unspecified atom stereocenters. The van der Waals surface area contributed by atoms with Crippen LogP contribution in [0.1, 0.15) is 31.2 Å². The second-order valence-corrected chi connectivity index (χ2v) is 8.97. The summed E-state index contributed by atoms with van der Waals surface area (Å²) in [5, 5.41) is 3.33. The van der Waals surface area contributed by atoms with Crippen LogP contribution < -0.4 is 14.8 Å². The van der Waals surface area contributed by atoms with Crippen molar-refractivity contribution in [3.05, 3.63) is 66.5 Å². The van der Waals surface area contributed by atoms with Crippen LogP contribution in [0.5, 0.6) is 11.6 Å². The number of nitrogens with zero attached hydrogens (tertiary/aromatic N) is 4. The maximum absolute atomic E-state index is 6.18. The van der Waals surface area contributed by atoms with E-state index >= 15 is 0 Å². The Hall–Kier alpha value is -3.49. The molecule has 8 heteroatoms. The molecule has 188 valence electrons. The molecule has 0 radical (unpaired) electrons. The van der Waals surface area contributed by atoms with Crippen molar-refractivity contribution in [3.8, 4) is 22.9 Å². The first kappa shape index (κ1) is 24.2. The minimum absolute atomic E-state index is 0.452. The first-order valence-corrected chi connectivity index (χ1v) is 12.7. The SMILES string of the molecule is C1=C\COCc2cc(ccc2OCCCN2CCCC2)Nc2nccc(n2)-c2ccnc(c2)OCC/1. The molecule has 2 aliphatic heterocycles. The molecule has 4 heterocycles. The topological polar surface area (TPSA) is 81.6 Å². The van der Waals surface area contributed by atoms with Gasteiger partial charge in [-0.15, -0.1) is 0 Å². The van der Waals surface area contributed by atoms with Gasteiger partial charge in [0.1, 0.15) is 5.75 Å². The Morgan fingerprint density at radius 3 is 2.86 bits per heavy atom. The Labute approximate surface area is 212 Å². The van der Waals surface area contributed by atoms with Crippen molar-refractivity contribution in [2.75, 3.05) is 44.8 Å². The zero-order valence-electron chi connectivity index (χ0n) is 20.6. The van der Waals surface area contributed by atoms with Crippen molar-refractivity contribution in [3.63, 3.8) is 0 Å². The van der Waals surface area contributed by atoms with E-state index < -0.39 is 0 Å². The lowest BCUT2D eigenvalue weighted by Crippen LogP contribution is -2.22. The van der Waals surface area contributed by atoms with Crippen molar-refractivity contribution < 1.29 is 14.2 Å². The number of nitrogens with one attached hydrogen (secondary N) is 1. The van der Waals surface area contributed by atoms with Gasteiger partial charge in [-0.2, -0.15) is 0 Å². The summed E-state index contributed by atoms with van der Waals surface area (Å²) in [6.07, 6.45) is 12.0. The summed E-state index contributed by atoms with van der Waals surface area (Å²) >= 11 is 0.